The molecular weight excluding hydrogens is 355 g/mol. The first kappa shape index (κ1) is 18.6. The lowest BCUT2D eigenvalue weighted by atomic mass is 9.52. The molecule has 1 aromatic carbocycles. The summed E-state index contributed by atoms with van der Waals surface area (Å²) in [5.74, 6) is 2.29. The summed E-state index contributed by atoms with van der Waals surface area (Å²) in [5, 5.41) is 9.93. The van der Waals surface area contributed by atoms with E-state index < -0.39 is 0 Å². The molecule has 141 valence electrons. The summed E-state index contributed by atoms with van der Waals surface area (Å²) in [6, 6.07) is 5.09. The summed E-state index contributed by atoms with van der Waals surface area (Å²) in [4.78, 5) is 15.3. The Hall–Kier alpha value is -1.75. The molecule has 1 fully saturated rings. The van der Waals surface area contributed by atoms with E-state index in [1.807, 2.05) is 6.07 Å². The second-order valence-electron chi connectivity index (χ2n) is 8.38. The van der Waals surface area contributed by atoms with Crippen molar-refractivity contribution < 1.29 is 14.6 Å². The van der Waals surface area contributed by atoms with Gasteiger partial charge in [0.2, 0.25) is 0 Å². The average molecular weight is 381 g/mol. The maximum Gasteiger partial charge on any atom is 0.173 e. The minimum atomic E-state index is 0.180. The molecule has 2 aliphatic rings. The van der Waals surface area contributed by atoms with Crippen LogP contribution in [0.25, 0.3) is 0 Å². The molecule has 0 bridgehead atoms. The Bertz CT molecular complexity index is 901. The quantitative estimate of drug-likeness (QED) is 0.522. The van der Waals surface area contributed by atoms with E-state index in [1.165, 1.54) is 22.4 Å². The molecule has 1 N–H and O–H groups in total. The number of aryl methyl sites for hydroxylation is 2. The Morgan fingerprint density at radius 3 is 2.93 bits per heavy atom. The number of ether oxygens (including phenoxy) is 1. The van der Waals surface area contributed by atoms with Gasteiger partial charge in [0, 0.05) is 17.4 Å². The molecular formula is C22H26BO3S. The van der Waals surface area contributed by atoms with Crippen LogP contribution >= 0.6 is 11.3 Å². The van der Waals surface area contributed by atoms with Gasteiger partial charge in [0.1, 0.15) is 18.8 Å². The van der Waals surface area contributed by atoms with Crippen molar-refractivity contribution in [2.45, 2.75) is 63.5 Å². The van der Waals surface area contributed by atoms with Crippen LogP contribution < -0.4 is 4.74 Å². The second-order valence-corrected chi connectivity index (χ2v) is 9.60. The summed E-state index contributed by atoms with van der Waals surface area (Å²) in [6.07, 6.45) is 3.40. The van der Waals surface area contributed by atoms with Gasteiger partial charge in [-0.05, 0) is 60.2 Å². The van der Waals surface area contributed by atoms with Crippen LogP contribution in [-0.2, 0) is 12.8 Å². The fourth-order valence-electron chi connectivity index (χ4n) is 4.90. The first-order valence-corrected chi connectivity index (χ1v) is 10.5. The molecule has 0 aliphatic heterocycles. The van der Waals surface area contributed by atoms with E-state index in [2.05, 4.69) is 28.1 Å². The number of phenolic OH excluding ortho intramolecular Hbond substituents is 1. The summed E-state index contributed by atoms with van der Waals surface area (Å²) in [7, 11) is 4.10. The van der Waals surface area contributed by atoms with E-state index in [0.29, 0.717) is 35.6 Å². The summed E-state index contributed by atoms with van der Waals surface area (Å²) in [6.45, 7) is 6.67. The highest BCUT2D eigenvalue weighted by molar-refractivity contribution is 7.14. The Morgan fingerprint density at radius 1 is 1.44 bits per heavy atom. The first-order valence-electron chi connectivity index (χ1n) is 9.72. The monoisotopic (exact) mass is 381 g/mol. The van der Waals surface area contributed by atoms with Crippen LogP contribution in [0.3, 0.4) is 0 Å². The Balaban J connectivity index is 1.51. The van der Waals surface area contributed by atoms with E-state index in [9.17, 15) is 9.90 Å². The number of hydrogen-bond donors (Lipinski definition) is 1. The van der Waals surface area contributed by atoms with Gasteiger partial charge in [-0.1, -0.05) is 25.7 Å². The predicted molar refractivity (Wildman–Crippen MR) is 111 cm³/mol. The van der Waals surface area contributed by atoms with Gasteiger partial charge in [-0.3, -0.25) is 4.79 Å². The number of ketones is 1. The molecule has 0 unspecified atom stereocenters. The Kier molecular flexibility index (Phi) is 4.62. The zero-order valence-corrected chi connectivity index (χ0v) is 17.3. The number of carbonyl (C=O) groups excluding carboxylic acids is 1. The number of thiophene rings is 1. The van der Waals surface area contributed by atoms with Gasteiger partial charge in [0.05, 0.1) is 12.0 Å². The Labute approximate surface area is 166 Å². The summed E-state index contributed by atoms with van der Waals surface area (Å²) < 4.78 is 5.34. The van der Waals surface area contributed by atoms with Crippen molar-refractivity contribution in [2.75, 3.05) is 7.11 Å². The first-order chi connectivity index (χ1) is 12.8. The minimum absolute atomic E-state index is 0.180. The molecule has 27 heavy (non-hydrogen) atoms. The van der Waals surface area contributed by atoms with Crippen LogP contribution in [-0.4, -0.2) is 25.3 Å². The summed E-state index contributed by atoms with van der Waals surface area (Å²) in [5.41, 5.74) is 3.76. The maximum absolute atomic E-state index is 13.0. The maximum atomic E-state index is 13.0. The third-order valence-electron chi connectivity index (χ3n) is 6.02. The Morgan fingerprint density at radius 2 is 2.22 bits per heavy atom. The number of Topliss-reactive ketones (excluding diaryl/α,β-unsaturated/α-hetero) is 1. The molecule has 2 aromatic rings. The van der Waals surface area contributed by atoms with Gasteiger partial charge < -0.3 is 9.84 Å². The van der Waals surface area contributed by atoms with Gasteiger partial charge >= 0.3 is 0 Å². The molecule has 5 heteroatoms. The number of aromatic hydroxyl groups is 1. The van der Waals surface area contributed by atoms with E-state index in [0.717, 1.165) is 16.9 Å². The molecule has 2 aliphatic carbocycles. The van der Waals surface area contributed by atoms with Crippen LogP contribution in [0.1, 0.15) is 63.8 Å². The highest BCUT2D eigenvalue weighted by Crippen LogP contribution is 2.74. The molecule has 0 spiro atoms. The number of phenols is 1. The molecule has 3 nitrogen and oxygen atoms in total. The van der Waals surface area contributed by atoms with Crippen LogP contribution in [0, 0.1) is 6.92 Å². The number of carbonyl (C=O) groups is 1. The SMILES string of the molecule is COc1cc(O)ccc1CCC(=O)c1sc(C)c2c1C[C@]1([B]C(C)C)C[C@@H]21. The van der Waals surface area contributed by atoms with Crippen LogP contribution in [0.4, 0.5) is 0 Å². The number of benzene rings is 1. The number of hydrogen-bond acceptors (Lipinski definition) is 4. The van der Waals surface area contributed by atoms with Crippen molar-refractivity contribution in [3.8, 4) is 11.5 Å². The molecule has 2 atom stereocenters. The second kappa shape index (κ2) is 6.70. The van der Waals surface area contributed by atoms with Gasteiger partial charge in [0.15, 0.2) is 5.78 Å². The lowest BCUT2D eigenvalue weighted by Crippen LogP contribution is -2.10. The molecule has 4 rings (SSSR count). The number of fused-ring (bicyclic) bond motifs is 3. The fraction of sp³-hybridized carbons (Fsp3) is 0.500. The van der Waals surface area contributed by atoms with Crippen molar-refractivity contribution in [2.24, 2.45) is 0 Å². The lowest BCUT2D eigenvalue weighted by Gasteiger charge is -2.14. The van der Waals surface area contributed by atoms with Crippen LogP contribution in [0.15, 0.2) is 18.2 Å². The third kappa shape index (κ3) is 3.20. The van der Waals surface area contributed by atoms with Gasteiger partial charge in [0.25, 0.3) is 0 Å². The van der Waals surface area contributed by atoms with Gasteiger partial charge in [-0.25, -0.2) is 0 Å². The number of methoxy groups -OCH3 is 1. The van der Waals surface area contributed by atoms with Gasteiger partial charge in [-0.15, -0.1) is 11.3 Å². The highest BCUT2D eigenvalue weighted by atomic mass is 32.1. The van der Waals surface area contributed by atoms with Crippen LogP contribution in [0.5, 0.6) is 11.5 Å². The van der Waals surface area contributed by atoms with E-state index in [1.54, 1.807) is 30.6 Å². The number of rotatable bonds is 7. The van der Waals surface area contributed by atoms with Gasteiger partial charge in [-0.2, -0.15) is 0 Å². The summed E-state index contributed by atoms with van der Waals surface area (Å²) >= 11 is 1.69. The lowest BCUT2D eigenvalue weighted by molar-refractivity contribution is 0.0986. The zero-order chi connectivity index (χ0) is 19.3. The molecule has 1 saturated carbocycles. The van der Waals surface area contributed by atoms with Crippen molar-refractivity contribution in [3.63, 3.8) is 0 Å². The normalized spacial score (nSPS) is 22.5. The fourth-order valence-corrected chi connectivity index (χ4v) is 6.11. The molecule has 1 aromatic heterocycles. The van der Waals surface area contributed by atoms with Crippen molar-refractivity contribution >= 4 is 24.4 Å². The zero-order valence-electron chi connectivity index (χ0n) is 16.5. The van der Waals surface area contributed by atoms with E-state index in [4.69, 9.17) is 4.74 Å². The van der Waals surface area contributed by atoms with E-state index >= 15 is 0 Å². The van der Waals surface area contributed by atoms with Crippen molar-refractivity contribution in [1.82, 2.24) is 0 Å². The third-order valence-corrected chi connectivity index (χ3v) is 7.22. The predicted octanol–water partition coefficient (Wildman–Crippen LogP) is 5.32. The largest absolute Gasteiger partial charge is 0.508 e. The van der Waals surface area contributed by atoms with E-state index in [-0.39, 0.29) is 11.5 Å². The van der Waals surface area contributed by atoms with Crippen molar-refractivity contribution in [1.29, 1.82) is 0 Å². The smallest absolute Gasteiger partial charge is 0.173 e. The highest BCUT2D eigenvalue weighted by Gasteiger charge is 2.60. The molecule has 0 amide bonds. The van der Waals surface area contributed by atoms with Crippen LogP contribution in [0.2, 0.25) is 11.1 Å². The standard InChI is InChI=1S/C22H26BO3S/c1-12(2)23-22-10-16-20(17(22)11-22)13(3)27-21(16)18(25)8-6-14-5-7-15(24)9-19(14)26-4/h5,7,9,12,17,24H,6,8,10-11H2,1-4H3/t17-,22-/m0/s1. The average Bonchev–Trinajstić information content (AvgIpc) is 3.04. The topological polar surface area (TPSA) is 46.5 Å². The molecule has 1 radical (unpaired) electrons. The molecule has 0 saturated heterocycles. The molecule has 1 heterocycles. The minimum Gasteiger partial charge on any atom is -0.508 e. The van der Waals surface area contributed by atoms with Crippen molar-refractivity contribution in [3.05, 3.63) is 44.6 Å².